The van der Waals surface area contributed by atoms with Crippen molar-refractivity contribution in [3.63, 3.8) is 0 Å². The van der Waals surface area contributed by atoms with Gasteiger partial charge in [-0.1, -0.05) is 194 Å². The first-order valence-electron chi connectivity index (χ1n) is 20.7. The molecule has 0 bridgehead atoms. The quantitative estimate of drug-likeness (QED) is 0.145. The Morgan fingerprint density at radius 3 is 1.92 bits per heavy atom. The summed E-state index contributed by atoms with van der Waals surface area (Å²) in [5, 5.41) is 19.3. The highest BCUT2D eigenvalue weighted by molar-refractivity contribution is 7.25. The molecule has 0 aliphatic rings. The Bertz CT molecular complexity index is 3490. The van der Waals surface area contributed by atoms with Crippen LogP contribution in [-0.2, 0) is 0 Å². The number of benzene rings is 8. The largest absolute Gasteiger partial charge is 0.300 e. The van der Waals surface area contributed by atoms with Crippen LogP contribution in [0.15, 0.2) is 223 Å². The zero-order chi connectivity index (χ0) is 41.4. The minimum absolute atomic E-state index is 0.398. The van der Waals surface area contributed by atoms with Gasteiger partial charge in [-0.3, -0.25) is 4.99 Å². The van der Waals surface area contributed by atoms with Gasteiger partial charge in [0, 0.05) is 54.0 Å². The van der Waals surface area contributed by atoms with E-state index in [1.165, 1.54) is 25.7 Å². The lowest BCUT2D eigenvalue weighted by Crippen LogP contribution is -1.96. The van der Waals surface area contributed by atoms with E-state index < -0.39 is 0 Å². The van der Waals surface area contributed by atoms with Crippen LogP contribution < -0.4 is 0 Å². The normalized spacial score (nSPS) is 12.0. The monoisotopic (exact) mass is 810 g/mol. The molecule has 0 saturated carbocycles. The summed E-state index contributed by atoms with van der Waals surface area (Å²) in [5.74, 6) is 0. The zero-order valence-electron chi connectivity index (χ0n) is 33.6. The van der Waals surface area contributed by atoms with Gasteiger partial charge in [0.25, 0.3) is 0 Å². The molecule has 0 radical (unpaired) electrons. The van der Waals surface area contributed by atoms with Crippen molar-refractivity contribution in [2.75, 3.05) is 0 Å². The molecular formula is C57H38N4S. The summed E-state index contributed by atoms with van der Waals surface area (Å²) >= 11 is 1.83. The van der Waals surface area contributed by atoms with Crippen molar-refractivity contribution in [2.45, 2.75) is 0 Å². The molecular weight excluding hydrogens is 773 g/mol. The average molecular weight is 811 g/mol. The van der Waals surface area contributed by atoms with E-state index in [4.69, 9.17) is 15.5 Å². The molecule has 0 atom stereocenters. The summed E-state index contributed by atoms with van der Waals surface area (Å²) in [6, 6.07) is 74.0. The number of thiophene rings is 1. The molecule has 8 aromatic carbocycles. The predicted molar refractivity (Wildman–Crippen MR) is 263 cm³/mol. The third-order valence-electron chi connectivity index (χ3n) is 11.6. The average Bonchev–Trinajstić information content (AvgIpc) is 3.94. The highest BCUT2D eigenvalue weighted by Gasteiger charge is 2.21. The van der Waals surface area contributed by atoms with Crippen LogP contribution in [0, 0.1) is 5.41 Å². The van der Waals surface area contributed by atoms with Gasteiger partial charge in [-0.2, -0.15) is 5.10 Å². The Morgan fingerprint density at radius 1 is 0.532 bits per heavy atom. The molecule has 11 aromatic rings. The maximum atomic E-state index is 9.05. The molecule has 5 heteroatoms. The summed E-state index contributed by atoms with van der Waals surface area (Å²) in [6.45, 7) is 0. The Balaban J connectivity index is 0.992. The summed E-state index contributed by atoms with van der Waals surface area (Å²) < 4.78 is 4.69. The number of nitrogens with zero attached hydrogens (tertiary/aromatic N) is 3. The van der Waals surface area contributed by atoms with Crippen LogP contribution in [0.4, 0.5) is 0 Å². The molecule has 0 aliphatic heterocycles. The lowest BCUT2D eigenvalue weighted by atomic mass is 9.96. The van der Waals surface area contributed by atoms with E-state index in [1.54, 1.807) is 0 Å². The van der Waals surface area contributed by atoms with Crippen molar-refractivity contribution in [3.8, 4) is 44.8 Å². The van der Waals surface area contributed by atoms with Crippen molar-refractivity contribution in [1.29, 1.82) is 5.41 Å². The highest BCUT2D eigenvalue weighted by atomic mass is 32.1. The first kappa shape index (κ1) is 37.0. The molecule has 292 valence electrons. The van der Waals surface area contributed by atoms with E-state index in [-0.39, 0.29) is 0 Å². The standard InChI is InChI=1S/C57H38N4S/c58-49(40-15-4-1-5-16-40)36-50(41-33-31-39(32-34-41)46-24-14-26-53-55(46)48-23-12-13-25-52(48)62-53)59-37-38-27-29-43(30-28-38)54-56(44-19-8-3-9-20-44)60-61-51(42-17-6-2-7-18-42)35-45-21-10-11-22-47(45)57(54)61/h1-37,58H/b50-36-,58-49?,59-37?. The molecule has 0 aliphatic carbocycles. The van der Waals surface area contributed by atoms with Crippen LogP contribution in [0.3, 0.4) is 0 Å². The third kappa shape index (κ3) is 6.81. The zero-order valence-corrected chi connectivity index (χ0v) is 34.4. The van der Waals surface area contributed by atoms with Gasteiger partial charge in [0.1, 0.15) is 5.69 Å². The molecule has 0 unspecified atom stereocenters. The van der Waals surface area contributed by atoms with Crippen LogP contribution in [0.2, 0.25) is 0 Å². The SMILES string of the molecule is N=C(/C=C(\N=Cc1ccc(-c2c(-c3ccccc3)nn3c(-c4ccccc4)cc4ccccc4c23)cc1)c1ccc(-c2cccc3sc4ccccc4c23)cc1)c1ccccc1. The second-order valence-electron chi connectivity index (χ2n) is 15.4. The van der Waals surface area contributed by atoms with Gasteiger partial charge < -0.3 is 5.41 Å². The fourth-order valence-corrected chi connectivity index (χ4v) is 9.65. The van der Waals surface area contributed by atoms with Crippen molar-refractivity contribution < 1.29 is 0 Å². The van der Waals surface area contributed by atoms with Gasteiger partial charge in [0.15, 0.2) is 0 Å². The predicted octanol–water partition coefficient (Wildman–Crippen LogP) is 15.1. The van der Waals surface area contributed by atoms with Gasteiger partial charge in [-0.15, -0.1) is 11.3 Å². The van der Waals surface area contributed by atoms with Crippen molar-refractivity contribution in [1.82, 2.24) is 9.61 Å². The molecule has 62 heavy (non-hydrogen) atoms. The summed E-state index contributed by atoms with van der Waals surface area (Å²) in [4.78, 5) is 5.09. The van der Waals surface area contributed by atoms with Crippen LogP contribution in [0.1, 0.15) is 16.7 Å². The molecule has 0 amide bonds. The fraction of sp³-hybridized carbons (Fsp3) is 0. The second-order valence-corrected chi connectivity index (χ2v) is 16.5. The second kappa shape index (κ2) is 15.9. The molecule has 11 rings (SSSR count). The van der Waals surface area contributed by atoms with Crippen molar-refractivity contribution in [3.05, 3.63) is 235 Å². The van der Waals surface area contributed by atoms with Gasteiger partial charge >= 0.3 is 0 Å². The number of nitrogens with one attached hydrogen (secondary N) is 1. The van der Waals surface area contributed by atoms with E-state index in [0.717, 1.165) is 72.2 Å². The van der Waals surface area contributed by atoms with Crippen LogP contribution in [-0.4, -0.2) is 21.5 Å². The number of hydrogen-bond acceptors (Lipinski definition) is 4. The van der Waals surface area contributed by atoms with Crippen LogP contribution in [0.25, 0.3) is 86.9 Å². The maximum Gasteiger partial charge on any atom is 0.101 e. The minimum Gasteiger partial charge on any atom is -0.300 e. The molecule has 1 N–H and O–H groups in total. The lowest BCUT2D eigenvalue weighted by molar-refractivity contribution is 0.979. The first-order valence-corrected chi connectivity index (χ1v) is 21.5. The van der Waals surface area contributed by atoms with Crippen LogP contribution in [0.5, 0.6) is 0 Å². The fourth-order valence-electron chi connectivity index (χ4n) is 8.52. The Kier molecular flexibility index (Phi) is 9.49. The number of aromatic nitrogens is 2. The number of aliphatic imine (C=N–C) groups is 1. The Morgan fingerprint density at radius 2 is 1.16 bits per heavy atom. The first-order chi connectivity index (χ1) is 30.7. The van der Waals surface area contributed by atoms with Gasteiger partial charge in [-0.25, -0.2) is 4.52 Å². The van der Waals surface area contributed by atoms with Gasteiger partial charge in [0.2, 0.25) is 0 Å². The molecule has 0 saturated heterocycles. The molecule has 4 nitrogen and oxygen atoms in total. The number of fused-ring (bicyclic) bond motifs is 6. The molecule has 0 fully saturated rings. The summed E-state index contributed by atoms with van der Waals surface area (Å²) in [7, 11) is 0. The Labute approximate surface area is 363 Å². The van der Waals surface area contributed by atoms with Crippen LogP contribution >= 0.6 is 11.3 Å². The lowest BCUT2D eigenvalue weighted by Gasteiger charge is -2.11. The summed E-state index contributed by atoms with van der Waals surface area (Å²) in [6.07, 6.45) is 3.76. The number of rotatable bonds is 9. The number of allylic oxidation sites excluding steroid dienone is 1. The van der Waals surface area contributed by atoms with Gasteiger partial charge in [0.05, 0.1) is 22.6 Å². The van der Waals surface area contributed by atoms with E-state index in [9.17, 15) is 0 Å². The smallest absolute Gasteiger partial charge is 0.101 e. The highest BCUT2D eigenvalue weighted by Crippen LogP contribution is 2.42. The third-order valence-corrected chi connectivity index (χ3v) is 12.7. The van der Waals surface area contributed by atoms with E-state index in [0.29, 0.717) is 11.4 Å². The molecule has 0 spiro atoms. The molecule has 3 heterocycles. The Hall–Kier alpha value is -7.99. The maximum absolute atomic E-state index is 9.05. The van der Waals surface area contributed by atoms with E-state index >= 15 is 0 Å². The topological polar surface area (TPSA) is 53.5 Å². The van der Waals surface area contributed by atoms with E-state index in [2.05, 4.69) is 174 Å². The van der Waals surface area contributed by atoms with Crippen molar-refractivity contribution in [2.24, 2.45) is 4.99 Å². The number of hydrogen-bond donors (Lipinski definition) is 1. The summed E-state index contributed by atoms with van der Waals surface area (Å²) in [5.41, 5.74) is 13.5. The van der Waals surface area contributed by atoms with E-state index in [1.807, 2.05) is 66.1 Å². The molecule has 3 aromatic heterocycles. The minimum atomic E-state index is 0.398. The van der Waals surface area contributed by atoms with Crippen molar-refractivity contribution >= 4 is 65.4 Å². The number of pyridine rings is 1. The van der Waals surface area contributed by atoms with Gasteiger partial charge in [-0.05, 0) is 57.5 Å².